The van der Waals surface area contributed by atoms with Crippen molar-refractivity contribution in [2.24, 2.45) is 5.92 Å². The van der Waals surface area contributed by atoms with Crippen molar-refractivity contribution in [3.63, 3.8) is 0 Å². The number of likely N-dealkylation sites (tertiary alicyclic amines) is 1. The SMILES string of the molecule is CCCCOC(=O)N1CCC(COc2cnc(Br)cn2)CC1. The van der Waals surface area contributed by atoms with Gasteiger partial charge in [-0.25, -0.2) is 14.8 Å². The van der Waals surface area contributed by atoms with E-state index in [1.165, 1.54) is 0 Å². The first-order chi connectivity index (χ1) is 10.7. The highest BCUT2D eigenvalue weighted by Crippen LogP contribution is 2.19. The molecule has 2 rings (SSSR count). The van der Waals surface area contributed by atoms with Crippen LogP contribution in [0.15, 0.2) is 17.0 Å². The number of rotatable bonds is 6. The number of ether oxygens (including phenoxy) is 2. The van der Waals surface area contributed by atoms with Crippen molar-refractivity contribution in [3.05, 3.63) is 17.0 Å². The van der Waals surface area contributed by atoms with Gasteiger partial charge < -0.3 is 14.4 Å². The van der Waals surface area contributed by atoms with E-state index in [0.717, 1.165) is 38.8 Å². The molecule has 0 N–H and O–H groups in total. The minimum absolute atomic E-state index is 0.188. The van der Waals surface area contributed by atoms with Crippen molar-refractivity contribution in [3.8, 4) is 5.88 Å². The van der Waals surface area contributed by atoms with Gasteiger partial charge in [0.15, 0.2) is 0 Å². The Hall–Kier alpha value is -1.37. The van der Waals surface area contributed by atoms with Gasteiger partial charge in [-0.15, -0.1) is 0 Å². The number of halogens is 1. The highest BCUT2D eigenvalue weighted by molar-refractivity contribution is 9.10. The average molecular weight is 372 g/mol. The normalized spacial score (nSPS) is 15.6. The molecule has 0 radical (unpaired) electrons. The van der Waals surface area contributed by atoms with E-state index in [9.17, 15) is 4.79 Å². The first kappa shape index (κ1) is 17.0. The number of piperidine rings is 1. The molecule has 0 spiro atoms. The van der Waals surface area contributed by atoms with Crippen LogP contribution in [0.5, 0.6) is 5.88 Å². The van der Waals surface area contributed by atoms with Crippen molar-refractivity contribution in [2.75, 3.05) is 26.3 Å². The van der Waals surface area contributed by atoms with Crippen LogP contribution >= 0.6 is 15.9 Å². The molecule has 0 aromatic carbocycles. The van der Waals surface area contributed by atoms with E-state index in [0.29, 0.717) is 29.6 Å². The third kappa shape index (κ3) is 5.44. The van der Waals surface area contributed by atoms with Crippen molar-refractivity contribution in [1.82, 2.24) is 14.9 Å². The predicted octanol–water partition coefficient (Wildman–Crippen LogP) is 3.27. The van der Waals surface area contributed by atoms with Crippen LogP contribution in [-0.2, 0) is 4.74 Å². The van der Waals surface area contributed by atoms with Gasteiger partial charge in [0.05, 0.1) is 25.6 Å². The zero-order valence-corrected chi connectivity index (χ0v) is 14.4. The van der Waals surface area contributed by atoms with E-state index in [1.54, 1.807) is 17.3 Å². The first-order valence-corrected chi connectivity index (χ1v) is 8.50. The van der Waals surface area contributed by atoms with E-state index < -0.39 is 0 Å². The molecular weight excluding hydrogens is 350 g/mol. The zero-order valence-electron chi connectivity index (χ0n) is 12.8. The van der Waals surface area contributed by atoms with Crippen LogP contribution in [0.25, 0.3) is 0 Å². The third-order valence-electron chi connectivity index (χ3n) is 3.66. The fourth-order valence-electron chi connectivity index (χ4n) is 2.26. The summed E-state index contributed by atoms with van der Waals surface area (Å²) in [6.45, 7) is 4.65. The van der Waals surface area contributed by atoms with Gasteiger partial charge in [-0.05, 0) is 41.1 Å². The molecule has 0 atom stereocenters. The Morgan fingerprint density at radius 2 is 2.14 bits per heavy atom. The number of aromatic nitrogens is 2. The Balaban J connectivity index is 1.66. The maximum Gasteiger partial charge on any atom is 0.409 e. The summed E-state index contributed by atoms with van der Waals surface area (Å²) in [6.07, 6.45) is 6.83. The smallest absolute Gasteiger partial charge is 0.409 e. The van der Waals surface area contributed by atoms with Crippen molar-refractivity contribution >= 4 is 22.0 Å². The van der Waals surface area contributed by atoms with Crippen LogP contribution in [-0.4, -0.2) is 47.3 Å². The standard InChI is InChI=1S/C15H22BrN3O3/c1-2-3-8-21-15(20)19-6-4-12(5-7-19)11-22-14-10-17-13(16)9-18-14/h9-10,12H,2-8,11H2,1H3. The van der Waals surface area contributed by atoms with Gasteiger partial charge >= 0.3 is 6.09 Å². The molecule has 122 valence electrons. The molecule has 7 heteroatoms. The van der Waals surface area contributed by atoms with E-state index in [1.807, 2.05) is 0 Å². The molecule has 0 saturated carbocycles. The van der Waals surface area contributed by atoms with Gasteiger partial charge in [0.1, 0.15) is 4.60 Å². The quantitative estimate of drug-likeness (QED) is 0.718. The minimum atomic E-state index is -0.188. The molecular formula is C15H22BrN3O3. The summed E-state index contributed by atoms with van der Waals surface area (Å²) < 4.78 is 11.6. The van der Waals surface area contributed by atoms with Gasteiger partial charge in [0.25, 0.3) is 0 Å². The molecule has 1 fully saturated rings. The second-order valence-electron chi connectivity index (χ2n) is 5.39. The van der Waals surface area contributed by atoms with E-state index >= 15 is 0 Å². The van der Waals surface area contributed by atoms with Crippen LogP contribution < -0.4 is 4.74 Å². The molecule has 1 aliphatic heterocycles. The highest BCUT2D eigenvalue weighted by Gasteiger charge is 2.24. The molecule has 1 aromatic heterocycles. The average Bonchev–Trinajstić information content (AvgIpc) is 2.55. The van der Waals surface area contributed by atoms with E-state index in [2.05, 4.69) is 32.8 Å². The minimum Gasteiger partial charge on any atom is -0.476 e. The molecule has 6 nitrogen and oxygen atoms in total. The summed E-state index contributed by atoms with van der Waals surface area (Å²) in [5.41, 5.74) is 0. The summed E-state index contributed by atoms with van der Waals surface area (Å²) in [7, 11) is 0. The van der Waals surface area contributed by atoms with Crippen LogP contribution in [0.3, 0.4) is 0 Å². The summed E-state index contributed by atoms with van der Waals surface area (Å²) in [6, 6.07) is 0. The second-order valence-corrected chi connectivity index (χ2v) is 6.20. The van der Waals surface area contributed by atoms with E-state index in [-0.39, 0.29) is 6.09 Å². The number of nitrogens with zero attached hydrogens (tertiary/aromatic N) is 3. The number of amides is 1. The van der Waals surface area contributed by atoms with Gasteiger partial charge in [-0.3, -0.25) is 0 Å². The molecule has 2 heterocycles. The lowest BCUT2D eigenvalue weighted by Crippen LogP contribution is -2.40. The Morgan fingerprint density at radius 1 is 1.36 bits per heavy atom. The van der Waals surface area contributed by atoms with Gasteiger partial charge in [-0.1, -0.05) is 13.3 Å². The molecule has 0 bridgehead atoms. The Bertz CT molecular complexity index is 462. The monoisotopic (exact) mass is 371 g/mol. The fourth-order valence-corrected chi connectivity index (χ4v) is 2.46. The molecule has 1 amide bonds. The Kier molecular flexibility index (Phi) is 6.89. The van der Waals surface area contributed by atoms with Crippen LogP contribution in [0, 0.1) is 5.92 Å². The molecule has 0 unspecified atom stereocenters. The predicted molar refractivity (Wildman–Crippen MR) is 85.8 cm³/mol. The lowest BCUT2D eigenvalue weighted by Gasteiger charge is -2.31. The van der Waals surface area contributed by atoms with Gasteiger partial charge in [0.2, 0.25) is 5.88 Å². The maximum absolute atomic E-state index is 11.8. The summed E-state index contributed by atoms with van der Waals surface area (Å²) >= 11 is 3.24. The highest BCUT2D eigenvalue weighted by atomic mass is 79.9. The molecule has 1 aliphatic rings. The zero-order chi connectivity index (χ0) is 15.8. The summed E-state index contributed by atoms with van der Waals surface area (Å²) in [5.74, 6) is 0.967. The molecule has 0 aliphatic carbocycles. The first-order valence-electron chi connectivity index (χ1n) is 7.71. The number of hydrogen-bond acceptors (Lipinski definition) is 5. The number of carbonyl (C=O) groups is 1. The summed E-state index contributed by atoms with van der Waals surface area (Å²) in [5, 5.41) is 0. The van der Waals surface area contributed by atoms with Crippen LogP contribution in [0.2, 0.25) is 0 Å². The Labute approximate surface area is 139 Å². The lowest BCUT2D eigenvalue weighted by molar-refractivity contribution is 0.0796. The molecule has 1 aromatic rings. The van der Waals surface area contributed by atoms with E-state index in [4.69, 9.17) is 9.47 Å². The number of carbonyl (C=O) groups excluding carboxylic acids is 1. The van der Waals surface area contributed by atoms with Gasteiger partial charge in [-0.2, -0.15) is 0 Å². The van der Waals surface area contributed by atoms with Gasteiger partial charge in [0, 0.05) is 13.1 Å². The largest absolute Gasteiger partial charge is 0.476 e. The summed E-state index contributed by atoms with van der Waals surface area (Å²) in [4.78, 5) is 21.8. The van der Waals surface area contributed by atoms with Crippen LogP contribution in [0.4, 0.5) is 4.79 Å². The molecule has 22 heavy (non-hydrogen) atoms. The lowest BCUT2D eigenvalue weighted by atomic mass is 9.98. The van der Waals surface area contributed by atoms with Crippen LogP contribution in [0.1, 0.15) is 32.6 Å². The number of hydrogen-bond donors (Lipinski definition) is 0. The molecule has 1 saturated heterocycles. The second kappa shape index (κ2) is 8.92. The topological polar surface area (TPSA) is 64.5 Å². The van der Waals surface area contributed by atoms with Crippen molar-refractivity contribution in [2.45, 2.75) is 32.6 Å². The third-order valence-corrected chi connectivity index (χ3v) is 4.07. The van der Waals surface area contributed by atoms with Crippen molar-refractivity contribution < 1.29 is 14.3 Å². The number of unbranched alkanes of at least 4 members (excludes halogenated alkanes) is 1. The Morgan fingerprint density at radius 3 is 2.77 bits per heavy atom. The maximum atomic E-state index is 11.8. The fraction of sp³-hybridized carbons (Fsp3) is 0.667. The van der Waals surface area contributed by atoms with Crippen molar-refractivity contribution in [1.29, 1.82) is 0 Å².